The first kappa shape index (κ1) is 12.1. The van der Waals surface area contributed by atoms with Crippen LogP contribution in [0.15, 0.2) is 30.5 Å². The van der Waals surface area contributed by atoms with Gasteiger partial charge in [0.15, 0.2) is 0 Å². The molecule has 1 aromatic carbocycles. The van der Waals surface area contributed by atoms with E-state index in [-0.39, 0.29) is 0 Å². The first-order valence-corrected chi connectivity index (χ1v) is 6.04. The van der Waals surface area contributed by atoms with Gasteiger partial charge in [-0.15, -0.1) is 0 Å². The van der Waals surface area contributed by atoms with Gasteiger partial charge in [-0.05, 0) is 30.2 Å². The molecule has 0 unspecified atom stereocenters. The maximum atomic E-state index is 5.88. The predicted octanol–water partition coefficient (Wildman–Crippen LogP) is 3.11. The fraction of sp³-hybridized carbons (Fsp3) is 0.308. The van der Waals surface area contributed by atoms with Crippen molar-refractivity contribution in [3.05, 3.63) is 46.7 Å². The van der Waals surface area contributed by atoms with E-state index in [0.717, 1.165) is 22.0 Å². The molecule has 0 saturated carbocycles. The average Bonchev–Trinajstić information content (AvgIpc) is 2.73. The molecule has 0 aliphatic carbocycles. The van der Waals surface area contributed by atoms with Crippen molar-refractivity contribution in [3.8, 4) is 5.69 Å². The molecule has 4 heteroatoms. The number of halogens is 1. The molecule has 0 saturated heterocycles. The lowest BCUT2D eigenvalue weighted by Crippen LogP contribution is -2.07. The van der Waals surface area contributed by atoms with Gasteiger partial charge in [0.1, 0.15) is 0 Å². The zero-order valence-corrected chi connectivity index (χ0v) is 10.8. The molecule has 90 valence electrons. The average molecular weight is 250 g/mol. The van der Waals surface area contributed by atoms with Gasteiger partial charge in [-0.2, -0.15) is 5.10 Å². The predicted molar refractivity (Wildman–Crippen MR) is 70.6 cm³/mol. The van der Waals surface area contributed by atoms with E-state index >= 15 is 0 Å². The summed E-state index contributed by atoms with van der Waals surface area (Å²) in [5, 5.41) is 5.13. The molecule has 0 spiro atoms. The minimum atomic E-state index is 0.381. The minimum absolute atomic E-state index is 0.381. The number of hydrogen-bond acceptors (Lipinski definition) is 2. The molecule has 1 heterocycles. The van der Waals surface area contributed by atoms with Gasteiger partial charge in [0.25, 0.3) is 0 Å². The lowest BCUT2D eigenvalue weighted by Gasteiger charge is -2.12. The minimum Gasteiger partial charge on any atom is -0.326 e. The summed E-state index contributed by atoms with van der Waals surface area (Å²) in [5.41, 5.74) is 9.00. The van der Waals surface area contributed by atoms with E-state index in [1.54, 1.807) is 0 Å². The van der Waals surface area contributed by atoms with Crippen LogP contribution in [0.5, 0.6) is 0 Å². The van der Waals surface area contributed by atoms with Crippen molar-refractivity contribution in [2.75, 3.05) is 0 Å². The van der Waals surface area contributed by atoms with Crippen LogP contribution in [0.3, 0.4) is 0 Å². The molecule has 1 aromatic heterocycles. The lowest BCUT2D eigenvalue weighted by atomic mass is 10.1. The van der Waals surface area contributed by atoms with Gasteiger partial charge in [0.05, 0.1) is 17.6 Å². The Balaban J connectivity index is 2.51. The molecule has 2 aromatic rings. The molecule has 0 aliphatic rings. The van der Waals surface area contributed by atoms with Crippen molar-refractivity contribution in [2.45, 2.75) is 26.3 Å². The Bertz CT molecular complexity index is 500. The first-order chi connectivity index (χ1) is 8.13. The quantitative estimate of drug-likeness (QED) is 0.908. The molecule has 17 heavy (non-hydrogen) atoms. The Kier molecular flexibility index (Phi) is 3.50. The third-order valence-corrected chi connectivity index (χ3v) is 2.98. The van der Waals surface area contributed by atoms with E-state index in [4.69, 9.17) is 17.3 Å². The standard InChI is InChI=1S/C13H16ClN3/c1-9(2)13-10(7-15)8-16-17(13)12-5-3-11(14)4-6-12/h3-6,8-9H,7,15H2,1-2H3. The Hall–Kier alpha value is -1.32. The molecular formula is C13H16ClN3. The van der Waals surface area contributed by atoms with E-state index in [9.17, 15) is 0 Å². The smallest absolute Gasteiger partial charge is 0.0650 e. The van der Waals surface area contributed by atoms with Gasteiger partial charge in [0, 0.05) is 17.1 Å². The van der Waals surface area contributed by atoms with Crippen LogP contribution in [0.4, 0.5) is 0 Å². The van der Waals surface area contributed by atoms with Crippen molar-refractivity contribution in [1.29, 1.82) is 0 Å². The van der Waals surface area contributed by atoms with Gasteiger partial charge in [-0.25, -0.2) is 4.68 Å². The molecule has 0 bridgehead atoms. The summed E-state index contributed by atoms with van der Waals surface area (Å²) in [6.07, 6.45) is 1.84. The normalized spacial score (nSPS) is 11.1. The Morgan fingerprint density at radius 2 is 1.94 bits per heavy atom. The summed E-state index contributed by atoms with van der Waals surface area (Å²) < 4.78 is 1.93. The van der Waals surface area contributed by atoms with E-state index in [2.05, 4.69) is 18.9 Å². The van der Waals surface area contributed by atoms with Crippen LogP contribution in [0.25, 0.3) is 5.69 Å². The van der Waals surface area contributed by atoms with Crippen LogP contribution in [-0.2, 0) is 6.54 Å². The SMILES string of the molecule is CC(C)c1c(CN)cnn1-c1ccc(Cl)cc1. The monoisotopic (exact) mass is 249 g/mol. The summed E-state index contributed by atoms with van der Waals surface area (Å²) in [4.78, 5) is 0. The van der Waals surface area contributed by atoms with Crippen molar-refractivity contribution in [3.63, 3.8) is 0 Å². The van der Waals surface area contributed by atoms with Crippen LogP contribution in [0.2, 0.25) is 5.02 Å². The van der Waals surface area contributed by atoms with Crippen molar-refractivity contribution in [1.82, 2.24) is 9.78 Å². The van der Waals surface area contributed by atoms with E-state index in [0.29, 0.717) is 12.5 Å². The van der Waals surface area contributed by atoms with E-state index in [1.807, 2.05) is 35.1 Å². The van der Waals surface area contributed by atoms with Crippen LogP contribution in [0.1, 0.15) is 31.0 Å². The molecule has 0 atom stereocenters. The number of rotatable bonds is 3. The zero-order chi connectivity index (χ0) is 12.4. The third-order valence-electron chi connectivity index (χ3n) is 2.72. The second-order valence-electron chi connectivity index (χ2n) is 4.30. The number of nitrogens with zero attached hydrogens (tertiary/aromatic N) is 2. The summed E-state index contributed by atoms with van der Waals surface area (Å²) >= 11 is 5.88. The van der Waals surface area contributed by atoms with Crippen molar-refractivity contribution in [2.24, 2.45) is 5.73 Å². The van der Waals surface area contributed by atoms with Crippen LogP contribution in [0, 0.1) is 0 Å². The fourth-order valence-corrected chi connectivity index (χ4v) is 2.08. The van der Waals surface area contributed by atoms with Crippen molar-refractivity contribution < 1.29 is 0 Å². The molecule has 0 radical (unpaired) electrons. The Labute approximate surface area is 106 Å². The van der Waals surface area contributed by atoms with Crippen molar-refractivity contribution >= 4 is 11.6 Å². The molecule has 0 amide bonds. The van der Waals surface area contributed by atoms with E-state index in [1.165, 1.54) is 0 Å². The lowest BCUT2D eigenvalue weighted by molar-refractivity contribution is 0.725. The number of aromatic nitrogens is 2. The number of benzene rings is 1. The van der Waals surface area contributed by atoms with Gasteiger partial charge >= 0.3 is 0 Å². The molecular weight excluding hydrogens is 234 g/mol. The van der Waals surface area contributed by atoms with E-state index < -0.39 is 0 Å². The summed E-state index contributed by atoms with van der Waals surface area (Å²) in [6.45, 7) is 4.80. The molecule has 0 aliphatic heterocycles. The summed E-state index contributed by atoms with van der Waals surface area (Å²) in [5.74, 6) is 0.381. The number of hydrogen-bond donors (Lipinski definition) is 1. The Morgan fingerprint density at radius 1 is 1.29 bits per heavy atom. The van der Waals surface area contributed by atoms with Gasteiger partial charge in [-0.3, -0.25) is 0 Å². The second kappa shape index (κ2) is 4.90. The Morgan fingerprint density at radius 3 is 2.47 bits per heavy atom. The molecule has 2 rings (SSSR count). The topological polar surface area (TPSA) is 43.8 Å². The first-order valence-electron chi connectivity index (χ1n) is 5.66. The van der Waals surface area contributed by atoms with Gasteiger partial charge < -0.3 is 5.73 Å². The highest BCUT2D eigenvalue weighted by Crippen LogP contribution is 2.23. The van der Waals surface area contributed by atoms with Gasteiger partial charge in [0.2, 0.25) is 0 Å². The van der Waals surface area contributed by atoms with Gasteiger partial charge in [-0.1, -0.05) is 25.4 Å². The third kappa shape index (κ3) is 2.35. The molecule has 3 nitrogen and oxygen atoms in total. The zero-order valence-electron chi connectivity index (χ0n) is 10.0. The maximum absolute atomic E-state index is 5.88. The largest absolute Gasteiger partial charge is 0.326 e. The maximum Gasteiger partial charge on any atom is 0.0650 e. The van der Waals surface area contributed by atoms with Crippen LogP contribution in [-0.4, -0.2) is 9.78 Å². The summed E-state index contributed by atoms with van der Waals surface area (Å²) in [6, 6.07) is 7.65. The highest BCUT2D eigenvalue weighted by molar-refractivity contribution is 6.30. The summed E-state index contributed by atoms with van der Waals surface area (Å²) in [7, 11) is 0. The highest BCUT2D eigenvalue weighted by Gasteiger charge is 2.14. The number of nitrogens with two attached hydrogens (primary N) is 1. The fourth-order valence-electron chi connectivity index (χ4n) is 1.95. The second-order valence-corrected chi connectivity index (χ2v) is 4.74. The molecule has 2 N–H and O–H groups in total. The van der Waals surface area contributed by atoms with Crippen LogP contribution < -0.4 is 5.73 Å². The molecule has 0 fully saturated rings. The van der Waals surface area contributed by atoms with Crippen LogP contribution >= 0.6 is 11.6 Å². The highest BCUT2D eigenvalue weighted by atomic mass is 35.5.